The van der Waals surface area contributed by atoms with E-state index in [1.807, 2.05) is 6.92 Å². The van der Waals surface area contributed by atoms with Crippen LogP contribution in [0, 0.1) is 0 Å². The normalized spacial score (nSPS) is 15.3. The van der Waals surface area contributed by atoms with E-state index in [0.717, 1.165) is 32.1 Å². The van der Waals surface area contributed by atoms with Crippen molar-refractivity contribution in [2.24, 2.45) is 0 Å². The Labute approximate surface area is 105 Å². The van der Waals surface area contributed by atoms with E-state index in [0.29, 0.717) is 5.88 Å². The van der Waals surface area contributed by atoms with Gasteiger partial charge in [0, 0.05) is 5.88 Å². The Morgan fingerprint density at radius 3 is 2.38 bits per heavy atom. The van der Waals surface area contributed by atoms with Crippen LogP contribution in [0.1, 0.15) is 52.9 Å². The molecule has 0 saturated carbocycles. The molecule has 0 aromatic carbocycles. The third-order valence-electron chi connectivity index (χ3n) is 2.80. The average Bonchev–Trinajstić information content (AvgIpc) is 2.26. The quantitative estimate of drug-likeness (QED) is 0.494. The highest BCUT2D eigenvalue weighted by atomic mass is 35.5. The van der Waals surface area contributed by atoms with Gasteiger partial charge in [-0.1, -0.05) is 30.2 Å². The first-order valence-electron chi connectivity index (χ1n) is 6.15. The van der Waals surface area contributed by atoms with Crippen molar-refractivity contribution in [1.29, 1.82) is 0 Å². The lowest BCUT2D eigenvalue weighted by atomic mass is 10.0. The molecule has 0 fully saturated rings. The number of hydrogen-bond donors (Lipinski definition) is 1. The van der Waals surface area contributed by atoms with E-state index in [9.17, 15) is 5.11 Å². The average molecular weight is 245 g/mol. The fraction of sp³-hybridized carbons (Fsp3) is 0.714. The fourth-order valence-corrected chi connectivity index (χ4v) is 1.74. The maximum atomic E-state index is 9.44. The number of hydrogen-bond acceptors (Lipinski definition) is 1. The monoisotopic (exact) mass is 244 g/mol. The Kier molecular flexibility index (Phi) is 9.75. The van der Waals surface area contributed by atoms with Crippen LogP contribution in [0.5, 0.6) is 0 Å². The van der Waals surface area contributed by atoms with Crippen molar-refractivity contribution < 1.29 is 5.11 Å². The van der Waals surface area contributed by atoms with Crippen molar-refractivity contribution in [2.45, 2.75) is 59.0 Å². The van der Waals surface area contributed by atoms with Crippen LogP contribution >= 0.6 is 11.6 Å². The molecule has 0 heterocycles. The van der Waals surface area contributed by atoms with Crippen LogP contribution in [0.4, 0.5) is 0 Å². The summed E-state index contributed by atoms with van der Waals surface area (Å²) in [7, 11) is 0. The van der Waals surface area contributed by atoms with E-state index in [-0.39, 0.29) is 6.10 Å². The summed E-state index contributed by atoms with van der Waals surface area (Å²) in [5.74, 6) is 0.608. The smallest absolute Gasteiger partial charge is 0.0540 e. The summed E-state index contributed by atoms with van der Waals surface area (Å²) in [5.41, 5.74) is 2.74. The van der Waals surface area contributed by atoms with Gasteiger partial charge in [0.1, 0.15) is 0 Å². The van der Waals surface area contributed by atoms with Gasteiger partial charge in [-0.05, 0) is 46.0 Å². The van der Waals surface area contributed by atoms with Gasteiger partial charge in [0.2, 0.25) is 0 Å². The van der Waals surface area contributed by atoms with Gasteiger partial charge in [-0.15, -0.1) is 11.6 Å². The van der Waals surface area contributed by atoms with Crippen LogP contribution < -0.4 is 0 Å². The van der Waals surface area contributed by atoms with Crippen molar-refractivity contribution in [3.05, 3.63) is 23.3 Å². The topological polar surface area (TPSA) is 20.2 Å². The van der Waals surface area contributed by atoms with Crippen molar-refractivity contribution >= 4 is 11.6 Å². The van der Waals surface area contributed by atoms with Gasteiger partial charge < -0.3 is 5.11 Å². The molecule has 94 valence electrons. The minimum atomic E-state index is -0.138. The molecule has 0 aliphatic heterocycles. The van der Waals surface area contributed by atoms with Crippen LogP contribution in [0.3, 0.4) is 0 Å². The van der Waals surface area contributed by atoms with Crippen molar-refractivity contribution in [1.82, 2.24) is 0 Å². The number of aliphatic hydroxyl groups excluding tert-OH is 1. The van der Waals surface area contributed by atoms with E-state index < -0.39 is 0 Å². The van der Waals surface area contributed by atoms with Crippen LogP contribution in [0.2, 0.25) is 0 Å². The molecule has 1 nitrogen and oxygen atoms in total. The molecule has 0 rings (SSSR count). The van der Waals surface area contributed by atoms with E-state index in [4.69, 9.17) is 11.6 Å². The van der Waals surface area contributed by atoms with E-state index >= 15 is 0 Å². The highest BCUT2D eigenvalue weighted by Crippen LogP contribution is 2.12. The van der Waals surface area contributed by atoms with Gasteiger partial charge in [-0.3, -0.25) is 0 Å². The molecule has 0 aromatic heterocycles. The number of halogens is 1. The zero-order valence-electron chi connectivity index (χ0n) is 10.8. The Balaban J connectivity index is 3.74. The van der Waals surface area contributed by atoms with Crippen molar-refractivity contribution in [3.8, 4) is 0 Å². The van der Waals surface area contributed by atoms with Crippen molar-refractivity contribution in [3.63, 3.8) is 0 Å². The zero-order valence-corrected chi connectivity index (χ0v) is 11.6. The SMILES string of the molecule is CC[C@H](O)CC/C(C)=C/CC/C(C)=C/CCl. The minimum absolute atomic E-state index is 0.138. The molecule has 0 aliphatic rings. The van der Waals surface area contributed by atoms with Gasteiger partial charge in [-0.25, -0.2) is 0 Å². The first-order valence-corrected chi connectivity index (χ1v) is 6.68. The van der Waals surface area contributed by atoms with Crippen LogP contribution in [0.25, 0.3) is 0 Å². The van der Waals surface area contributed by atoms with Gasteiger partial charge in [-0.2, -0.15) is 0 Å². The molecule has 1 N–H and O–H groups in total. The maximum Gasteiger partial charge on any atom is 0.0540 e. The summed E-state index contributed by atoms with van der Waals surface area (Å²) in [6, 6.07) is 0. The molecule has 0 aliphatic carbocycles. The largest absolute Gasteiger partial charge is 0.393 e. The Morgan fingerprint density at radius 2 is 1.81 bits per heavy atom. The van der Waals surface area contributed by atoms with Crippen LogP contribution in [0.15, 0.2) is 23.3 Å². The Morgan fingerprint density at radius 1 is 1.19 bits per heavy atom. The second-order valence-electron chi connectivity index (χ2n) is 4.39. The summed E-state index contributed by atoms with van der Waals surface area (Å²) in [4.78, 5) is 0. The second kappa shape index (κ2) is 9.92. The molecule has 0 amide bonds. The molecular formula is C14H25ClO. The van der Waals surface area contributed by atoms with Crippen LogP contribution in [-0.2, 0) is 0 Å². The van der Waals surface area contributed by atoms with E-state index in [1.165, 1.54) is 11.1 Å². The predicted octanol–water partition coefficient (Wildman–Crippen LogP) is 4.45. The number of allylic oxidation sites excluding steroid dienone is 4. The highest BCUT2D eigenvalue weighted by molar-refractivity contribution is 6.18. The lowest BCUT2D eigenvalue weighted by Crippen LogP contribution is -2.03. The van der Waals surface area contributed by atoms with Crippen LogP contribution in [-0.4, -0.2) is 17.1 Å². The third-order valence-corrected chi connectivity index (χ3v) is 2.95. The maximum absolute atomic E-state index is 9.44. The predicted molar refractivity (Wildman–Crippen MR) is 73.0 cm³/mol. The molecular weight excluding hydrogens is 220 g/mol. The summed E-state index contributed by atoms with van der Waals surface area (Å²) < 4.78 is 0. The Bertz CT molecular complexity index is 231. The molecule has 1 atom stereocenters. The minimum Gasteiger partial charge on any atom is -0.393 e. The van der Waals surface area contributed by atoms with Gasteiger partial charge in [0.15, 0.2) is 0 Å². The molecule has 0 radical (unpaired) electrons. The molecule has 16 heavy (non-hydrogen) atoms. The lowest BCUT2D eigenvalue weighted by Gasteiger charge is -2.07. The third kappa shape index (κ3) is 8.99. The molecule has 2 heteroatoms. The first-order chi connectivity index (χ1) is 7.60. The number of alkyl halides is 1. The molecule has 0 bridgehead atoms. The summed E-state index contributed by atoms with van der Waals surface area (Å²) in [6.45, 7) is 6.28. The second-order valence-corrected chi connectivity index (χ2v) is 4.70. The molecule has 0 aromatic rings. The first kappa shape index (κ1) is 15.7. The fourth-order valence-electron chi connectivity index (χ4n) is 1.48. The molecule has 0 spiro atoms. The Hall–Kier alpha value is -0.270. The highest BCUT2D eigenvalue weighted by Gasteiger charge is 2.00. The lowest BCUT2D eigenvalue weighted by molar-refractivity contribution is 0.160. The summed E-state index contributed by atoms with van der Waals surface area (Å²) >= 11 is 5.62. The summed E-state index contributed by atoms with van der Waals surface area (Å²) in [6.07, 6.45) is 9.10. The van der Waals surface area contributed by atoms with Crippen molar-refractivity contribution in [2.75, 3.05) is 5.88 Å². The molecule has 0 saturated heterocycles. The summed E-state index contributed by atoms with van der Waals surface area (Å²) in [5, 5.41) is 9.44. The number of aliphatic hydroxyl groups is 1. The zero-order chi connectivity index (χ0) is 12.4. The van der Waals surface area contributed by atoms with E-state index in [1.54, 1.807) is 0 Å². The van der Waals surface area contributed by atoms with E-state index in [2.05, 4.69) is 26.0 Å². The van der Waals surface area contributed by atoms with Gasteiger partial charge >= 0.3 is 0 Å². The standard InChI is InChI=1S/C14H25ClO/c1-4-14(16)9-8-12(2)6-5-7-13(3)10-11-15/h6,10,14,16H,4-5,7-9,11H2,1-3H3/b12-6+,13-10+/t14-/m0/s1. The number of rotatable bonds is 8. The molecule has 0 unspecified atom stereocenters. The van der Waals surface area contributed by atoms with Gasteiger partial charge in [0.05, 0.1) is 6.10 Å². The van der Waals surface area contributed by atoms with Gasteiger partial charge in [0.25, 0.3) is 0 Å².